The van der Waals surface area contributed by atoms with Gasteiger partial charge in [0.1, 0.15) is 6.61 Å². The van der Waals surface area contributed by atoms with Crippen molar-refractivity contribution in [2.24, 2.45) is 14.1 Å². The van der Waals surface area contributed by atoms with Gasteiger partial charge in [-0.1, -0.05) is 11.6 Å². The van der Waals surface area contributed by atoms with Crippen LogP contribution < -0.4 is 11.4 Å². The Hall–Kier alpha value is -2.72. The molecule has 150 valence electrons. The third kappa shape index (κ3) is 4.39. The van der Waals surface area contributed by atoms with E-state index in [2.05, 4.69) is 0 Å². The average Bonchev–Trinajstić information content (AvgIpc) is 2.66. The molecule has 0 aliphatic heterocycles. The van der Waals surface area contributed by atoms with E-state index in [1.807, 2.05) is 0 Å². The summed E-state index contributed by atoms with van der Waals surface area (Å²) in [6, 6.07) is 4.05. The van der Waals surface area contributed by atoms with Crippen LogP contribution in [0.4, 0.5) is 0 Å². The zero-order valence-corrected chi connectivity index (χ0v) is 17.0. The molecule has 0 amide bonds. The molecule has 0 fully saturated rings. The molecule has 2 aromatic rings. The van der Waals surface area contributed by atoms with Gasteiger partial charge in [-0.3, -0.25) is 13.9 Å². The van der Waals surface area contributed by atoms with E-state index in [1.54, 1.807) is 6.92 Å². The summed E-state index contributed by atoms with van der Waals surface area (Å²) in [5.74, 6) is -1.30. The summed E-state index contributed by atoms with van der Waals surface area (Å²) < 4.78 is 12.9. The molecule has 0 aliphatic carbocycles. The van der Waals surface area contributed by atoms with Gasteiger partial charge in [0.05, 0.1) is 29.3 Å². The Balaban J connectivity index is 2.39. The lowest BCUT2D eigenvalue weighted by Crippen LogP contribution is -2.43. The van der Waals surface area contributed by atoms with Crippen molar-refractivity contribution in [3.05, 3.63) is 54.5 Å². The number of halogens is 1. The largest absolute Gasteiger partial charge is 0.466 e. The Kier molecular flexibility index (Phi) is 6.92. The maximum Gasteiger partial charge on any atom is 0.339 e. The van der Waals surface area contributed by atoms with Crippen LogP contribution in [0.1, 0.15) is 23.7 Å². The average molecular weight is 428 g/mol. The number of carbonyl (C=O) groups is 2. The number of benzene rings is 1. The minimum atomic E-state index is -0.801. The molecule has 0 N–H and O–H groups in total. The number of nitrogens with zero attached hydrogens (tertiary/aromatic N) is 3. The maximum absolute atomic E-state index is 12.5. The van der Waals surface area contributed by atoms with Gasteiger partial charge in [0.2, 0.25) is 0 Å². The van der Waals surface area contributed by atoms with Crippen molar-refractivity contribution in [2.75, 3.05) is 13.2 Å². The van der Waals surface area contributed by atoms with Gasteiger partial charge in [0.15, 0.2) is 4.77 Å². The monoisotopic (exact) mass is 427 g/mol. The smallest absolute Gasteiger partial charge is 0.339 e. The van der Waals surface area contributed by atoms with Gasteiger partial charge in [-0.2, -0.15) is 0 Å². The van der Waals surface area contributed by atoms with E-state index in [-0.39, 0.29) is 40.7 Å². The summed E-state index contributed by atoms with van der Waals surface area (Å²) in [5, 5.41) is 0.0685. The van der Waals surface area contributed by atoms with Gasteiger partial charge in [-0.05, 0) is 37.3 Å². The Morgan fingerprint density at radius 1 is 1.11 bits per heavy atom. The molecular weight excluding hydrogens is 410 g/mol. The molecule has 28 heavy (non-hydrogen) atoms. The second-order valence-electron chi connectivity index (χ2n) is 5.66. The zero-order valence-electron chi connectivity index (χ0n) is 15.4. The van der Waals surface area contributed by atoms with Crippen molar-refractivity contribution < 1.29 is 19.1 Å². The van der Waals surface area contributed by atoms with Gasteiger partial charge in [0.25, 0.3) is 0 Å². The molecule has 0 radical (unpaired) electrons. The molecule has 9 nitrogen and oxygen atoms in total. The first-order chi connectivity index (χ1) is 13.2. The van der Waals surface area contributed by atoms with Crippen LogP contribution >= 0.6 is 23.8 Å². The standard InChI is InChI=1S/C17H18ClN3O6S/c1-4-26-13(22)7-8-27-14(23)11-9-10(5-6-12(11)18)21-15(24)19(2)17(28)20(3)16(21)25/h5-6,9H,4,7-8H2,1-3H3. The van der Waals surface area contributed by atoms with E-state index in [0.29, 0.717) is 0 Å². The summed E-state index contributed by atoms with van der Waals surface area (Å²) in [6.07, 6.45) is -0.104. The quantitative estimate of drug-likeness (QED) is 0.506. The highest BCUT2D eigenvalue weighted by Crippen LogP contribution is 2.20. The van der Waals surface area contributed by atoms with Crippen molar-refractivity contribution in [1.29, 1.82) is 0 Å². The zero-order chi connectivity index (χ0) is 21.0. The molecule has 0 saturated carbocycles. The van der Waals surface area contributed by atoms with E-state index in [4.69, 9.17) is 33.3 Å². The normalized spacial score (nSPS) is 10.6. The first kappa shape index (κ1) is 21.6. The molecule has 0 saturated heterocycles. The van der Waals surface area contributed by atoms with E-state index in [1.165, 1.54) is 32.3 Å². The summed E-state index contributed by atoms with van der Waals surface area (Å²) in [5.41, 5.74) is -1.27. The molecule has 1 aromatic heterocycles. The van der Waals surface area contributed by atoms with Crippen LogP contribution in [-0.4, -0.2) is 38.9 Å². The number of hydrogen-bond acceptors (Lipinski definition) is 7. The lowest BCUT2D eigenvalue weighted by Gasteiger charge is -2.12. The molecule has 0 aliphatic rings. The fourth-order valence-electron chi connectivity index (χ4n) is 2.34. The Bertz CT molecular complexity index is 1060. The molecule has 0 atom stereocenters. The van der Waals surface area contributed by atoms with Gasteiger partial charge >= 0.3 is 23.3 Å². The van der Waals surface area contributed by atoms with Crippen LogP contribution in [0, 0.1) is 4.77 Å². The van der Waals surface area contributed by atoms with Crippen LogP contribution in [0.5, 0.6) is 0 Å². The summed E-state index contributed by atoms with van der Waals surface area (Å²) >= 11 is 11.1. The fourth-order valence-corrected chi connectivity index (χ4v) is 2.69. The number of rotatable bonds is 6. The fraction of sp³-hybridized carbons (Fsp3) is 0.353. The second kappa shape index (κ2) is 8.98. The minimum absolute atomic E-state index is 0.0536. The molecule has 11 heteroatoms. The summed E-state index contributed by atoms with van der Waals surface area (Å²) in [6.45, 7) is 1.70. The molecule has 0 unspecified atom stereocenters. The molecular formula is C17H18ClN3O6S. The van der Waals surface area contributed by atoms with E-state index >= 15 is 0 Å². The lowest BCUT2D eigenvalue weighted by molar-refractivity contribution is -0.143. The molecule has 0 bridgehead atoms. The highest BCUT2D eigenvalue weighted by Gasteiger charge is 2.17. The maximum atomic E-state index is 12.5. The molecule has 1 heterocycles. The van der Waals surface area contributed by atoms with Crippen LogP contribution in [0.15, 0.2) is 27.8 Å². The van der Waals surface area contributed by atoms with Gasteiger partial charge < -0.3 is 9.47 Å². The summed E-state index contributed by atoms with van der Waals surface area (Å²) in [7, 11) is 2.86. The number of ether oxygens (including phenoxy) is 2. The van der Waals surface area contributed by atoms with Crippen molar-refractivity contribution in [3.63, 3.8) is 0 Å². The third-order valence-electron chi connectivity index (χ3n) is 3.80. The van der Waals surface area contributed by atoms with Crippen LogP contribution in [0.2, 0.25) is 5.02 Å². The predicted molar refractivity (Wildman–Crippen MR) is 104 cm³/mol. The Labute approximate surface area is 169 Å². The summed E-state index contributed by atoms with van der Waals surface area (Å²) in [4.78, 5) is 48.6. The molecule has 1 aromatic carbocycles. The minimum Gasteiger partial charge on any atom is -0.466 e. The van der Waals surface area contributed by atoms with Crippen LogP contribution in [0.25, 0.3) is 5.69 Å². The van der Waals surface area contributed by atoms with Crippen molar-refractivity contribution in [2.45, 2.75) is 13.3 Å². The molecule has 0 spiro atoms. The Morgan fingerprint density at radius 2 is 1.71 bits per heavy atom. The first-order valence-corrected chi connectivity index (χ1v) is 8.99. The van der Waals surface area contributed by atoms with Crippen LogP contribution in [-0.2, 0) is 28.4 Å². The van der Waals surface area contributed by atoms with Gasteiger partial charge in [-0.25, -0.2) is 19.0 Å². The van der Waals surface area contributed by atoms with Gasteiger partial charge in [0, 0.05) is 14.1 Å². The highest BCUT2D eigenvalue weighted by molar-refractivity contribution is 7.71. The van der Waals surface area contributed by atoms with Crippen molar-refractivity contribution in [1.82, 2.24) is 13.7 Å². The van der Waals surface area contributed by atoms with E-state index in [9.17, 15) is 19.2 Å². The van der Waals surface area contributed by atoms with Crippen molar-refractivity contribution in [3.8, 4) is 5.69 Å². The highest BCUT2D eigenvalue weighted by atomic mass is 35.5. The van der Waals surface area contributed by atoms with Crippen LogP contribution in [0.3, 0.4) is 0 Å². The predicted octanol–water partition coefficient (Wildman–Crippen LogP) is 1.37. The number of aromatic nitrogens is 3. The lowest BCUT2D eigenvalue weighted by atomic mass is 10.2. The van der Waals surface area contributed by atoms with E-state index in [0.717, 1.165) is 13.7 Å². The second-order valence-corrected chi connectivity index (χ2v) is 6.43. The number of esters is 2. The number of hydrogen-bond donors (Lipinski definition) is 0. The Morgan fingerprint density at radius 3 is 2.29 bits per heavy atom. The molecule has 2 rings (SSSR count). The van der Waals surface area contributed by atoms with Crippen molar-refractivity contribution >= 4 is 35.8 Å². The van der Waals surface area contributed by atoms with Gasteiger partial charge in [-0.15, -0.1) is 0 Å². The first-order valence-electron chi connectivity index (χ1n) is 8.20. The third-order valence-corrected chi connectivity index (χ3v) is 4.68. The number of carbonyl (C=O) groups excluding carboxylic acids is 2. The van der Waals surface area contributed by atoms with E-state index < -0.39 is 23.3 Å². The topological polar surface area (TPSA) is 102 Å². The SMILES string of the molecule is CCOC(=O)CCOC(=O)c1cc(-n2c(=O)n(C)c(=S)n(C)c2=O)ccc1Cl.